The van der Waals surface area contributed by atoms with Gasteiger partial charge in [0.1, 0.15) is 10.1 Å². The SMILES string of the molecule is COc1ccc(/C=C(C#N)/C=C2\SC(=S)NC2=O)cc1. The number of methoxy groups -OCH3 is 1. The number of carbonyl (C=O) groups excluding carboxylic acids is 1. The van der Waals surface area contributed by atoms with Gasteiger partial charge in [0.25, 0.3) is 5.91 Å². The van der Waals surface area contributed by atoms with Crippen molar-refractivity contribution in [3.05, 3.63) is 46.4 Å². The molecule has 0 atom stereocenters. The Morgan fingerprint density at radius 1 is 1.45 bits per heavy atom. The molecule has 6 heteroatoms. The fraction of sp³-hybridized carbons (Fsp3) is 0.0714. The van der Waals surface area contributed by atoms with Crippen LogP contribution in [0.1, 0.15) is 5.56 Å². The maximum Gasteiger partial charge on any atom is 0.263 e. The van der Waals surface area contributed by atoms with Crippen LogP contribution >= 0.6 is 24.0 Å². The number of rotatable bonds is 3. The first-order valence-electron chi connectivity index (χ1n) is 5.63. The van der Waals surface area contributed by atoms with Gasteiger partial charge in [-0.2, -0.15) is 5.26 Å². The molecule has 20 heavy (non-hydrogen) atoms. The number of allylic oxidation sites excluding steroid dienone is 2. The van der Waals surface area contributed by atoms with Crippen molar-refractivity contribution in [2.24, 2.45) is 0 Å². The normalized spacial score (nSPS) is 17.0. The fourth-order valence-corrected chi connectivity index (χ4v) is 2.58. The van der Waals surface area contributed by atoms with E-state index in [9.17, 15) is 4.79 Å². The number of nitriles is 1. The first-order valence-corrected chi connectivity index (χ1v) is 6.85. The number of benzene rings is 1. The van der Waals surface area contributed by atoms with Crippen molar-refractivity contribution in [3.63, 3.8) is 0 Å². The van der Waals surface area contributed by atoms with Crippen LogP contribution in [-0.4, -0.2) is 17.3 Å². The highest BCUT2D eigenvalue weighted by molar-refractivity contribution is 8.26. The van der Waals surface area contributed by atoms with Crippen molar-refractivity contribution in [3.8, 4) is 11.8 Å². The van der Waals surface area contributed by atoms with Gasteiger partial charge in [-0.1, -0.05) is 36.1 Å². The lowest BCUT2D eigenvalue weighted by Gasteiger charge is -1.99. The predicted molar refractivity (Wildman–Crippen MR) is 83.0 cm³/mol. The van der Waals surface area contributed by atoms with Gasteiger partial charge >= 0.3 is 0 Å². The van der Waals surface area contributed by atoms with Gasteiger partial charge in [-0.15, -0.1) is 0 Å². The number of hydrogen-bond acceptors (Lipinski definition) is 5. The van der Waals surface area contributed by atoms with Crippen LogP contribution in [0.4, 0.5) is 0 Å². The van der Waals surface area contributed by atoms with Gasteiger partial charge in [0.15, 0.2) is 0 Å². The molecule has 4 nitrogen and oxygen atoms in total. The number of thioether (sulfide) groups is 1. The second-order valence-electron chi connectivity index (χ2n) is 3.84. The van der Waals surface area contributed by atoms with E-state index >= 15 is 0 Å². The van der Waals surface area contributed by atoms with Crippen molar-refractivity contribution >= 4 is 40.3 Å². The van der Waals surface area contributed by atoms with Crippen LogP contribution in [0.3, 0.4) is 0 Å². The molecule has 1 saturated heterocycles. The van der Waals surface area contributed by atoms with Gasteiger partial charge in [0.2, 0.25) is 0 Å². The van der Waals surface area contributed by atoms with Gasteiger partial charge < -0.3 is 10.1 Å². The smallest absolute Gasteiger partial charge is 0.263 e. The van der Waals surface area contributed by atoms with Crippen LogP contribution in [0, 0.1) is 11.3 Å². The summed E-state index contributed by atoms with van der Waals surface area (Å²) in [7, 11) is 1.59. The molecule has 100 valence electrons. The summed E-state index contributed by atoms with van der Waals surface area (Å²) < 4.78 is 5.47. The molecule has 1 aliphatic heterocycles. The van der Waals surface area contributed by atoms with Crippen molar-refractivity contribution < 1.29 is 9.53 Å². The summed E-state index contributed by atoms with van der Waals surface area (Å²) >= 11 is 6.05. The van der Waals surface area contributed by atoms with Gasteiger partial charge in [0.05, 0.1) is 23.7 Å². The predicted octanol–water partition coefficient (Wildman–Crippen LogP) is 2.63. The monoisotopic (exact) mass is 302 g/mol. The largest absolute Gasteiger partial charge is 0.497 e. The van der Waals surface area contributed by atoms with E-state index in [4.69, 9.17) is 22.2 Å². The van der Waals surface area contributed by atoms with Crippen LogP contribution in [0.5, 0.6) is 5.75 Å². The van der Waals surface area contributed by atoms with E-state index in [0.717, 1.165) is 23.1 Å². The lowest BCUT2D eigenvalue weighted by atomic mass is 10.1. The zero-order valence-electron chi connectivity index (χ0n) is 10.5. The van der Waals surface area contributed by atoms with Gasteiger partial charge in [-0.25, -0.2) is 0 Å². The lowest BCUT2D eigenvalue weighted by molar-refractivity contribution is -0.115. The van der Waals surface area contributed by atoms with Gasteiger partial charge in [-0.3, -0.25) is 4.79 Å². The summed E-state index contributed by atoms with van der Waals surface area (Å²) in [5, 5.41) is 11.6. The average molecular weight is 302 g/mol. The van der Waals surface area contributed by atoms with E-state index in [0.29, 0.717) is 14.8 Å². The number of nitrogens with one attached hydrogen (secondary N) is 1. The van der Waals surface area contributed by atoms with E-state index in [1.807, 2.05) is 12.1 Å². The van der Waals surface area contributed by atoms with E-state index in [1.54, 1.807) is 25.3 Å². The van der Waals surface area contributed by atoms with Crippen LogP contribution < -0.4 is 10.1 Å². The quantitative estimate of drug-likeness (QED) is 0.528. The van der Waals surface area contributed by atoms with Crippen LogP contribution in [0.2, 0.25) is 0 Å². The molecule has 0 aliphatic carbocycles. The molecule has 0 bridgehead atoms. The fourth-order valence-electron chi connectivity index (χ4n) is 1.55. The highest BCUT2D eigenvalue weighted by Crippen LogP contribution is 2.25. The van der Waals surface area contributed by atoms with Crippen molar-refractivity contribution in [2.75, 3.05) is 7.11 Å². The second-order valence-corrected chi connectivity index (χ2v) is 5.56. The molecule has 1 N–H and O–H groups in total. The average Bonchev–Trinajstić information content (AvgIpc) is 2.77. The Morgan fingerprint density at radius 3 is 2.65 bits per heavy atom. The Labute approximate surface area is 126 Å². The van der Waals surface area contributed by atoms with Crippen molar-refractivity contribution in [1.29, 1.82) is 5.26 Å². The summed E-state index contributed by atoms with van der Waals surface area (Å²) in [5.41, 5.74) is 1.24. The molecule has 2 rings (SSSR count). The van der Waals surface area contributed by atoms with Gasteiger partial charge in [0, 0.05) is 0 Å². The molecule has 0 spiro atoms. The molecule has 1 aromatic carbocycles. The zero-order valence-corrected chi connectivity index (χ0v) is 12.2. The number of hydrogen-bond donors (Lipinski definition) is 1. The topological polar surface area (TPSA) is 62.1 Å². The lowest BCUT2D eigenvalue weighted by Crippen LogP contribution is -2.17. The molecule has 1 heterocycles. The molecule has 1 aliphatic rings. The maximum atomic E-state index is 11.5. The van der Waals surface area contributed by atoms with E-state index in [2.05, 4.69) is 11.4 Å². The summed E-state index contributed by atoms with van der Waals surface area (Å²) in [5.74, 6) is 0.478. The number of amides is 1. The first kappa shape index (κ1) is 14.3. The first-order chi connectivity index (χ1) is 9.62. The number of nitrogens with zero attached hydrogens (tertiary/aromatic N) is 1. The molecular weight excluding hydrogens is 292 g/mol. The number of ether oxygens (including phenoxy) is 1. The minimum Gasteiger partial charge on any atom is -0.497 e. The van der Waals surface area contributed by atoms with Crippen molar-refractivity contribution in [1.82, 2.24) is 5.32 Å². The molecular formula is C14H10N2O2S2. The van der Waals surface area contributed by atoms with E-state index in [-0.39, 0.29) is 5.91 Å². The molecule has 1 amide bonds. The molecule has 0 radical (unpaired) electrons. The van der Waals surface area contributed by atoms with Crippen molar-refractivity contribution in [2.45, 2.75) is 0 Å². The third-order valence-corrected chi connectivity index (χ3v) is 3.66. The minimum absolute atomic E-state index is 0.268. The van der Waals surface area contributed by atoms with Gasteiger partial charge in [-0.05, 0) is 29.8 Å². The standard InChI is InChI=1S/C14H10N2O2S2/c1-18-11-4-2-9(3-5-11)6-10(8-15)7-12-13(17)16-14(19)20-12/h2-7H,1H3,(H,16,17,19)/b10-6-,12-7-. The van der Waals surface area contributed by atoms with E-state index in [1.165, 1.54) is 6.08 Å². The highest BCUT2D eigenvalue weighted by atomic mass is 32.2. The molecule has 0 unspecified atom stereocenters. The zero-order chi connectivity index (χ0) is 14.5. The molecule has 0 saturated carbocycles. The Balaban J connectivity index is 2.25. The third-order valence-electron chi connectivity index (χ3n) is 2.50. The Bertz CT molecular complexity index is 655. The maximum absolute atomic E-state index is 11.5. The van der Waals surface area contributed by atoms with Crippen LogP contribution in [0.25, 0.3) is 6.08 Å². The Kier molecular flexibility index (Phi) is 4.56. The second kappa shape index (κ2) is 6.37. The summed E-state index contributed by atoms with van der Waals surface area (Å²) in [6.07, 6.45) is 3.23. The Morgan fingerprint density at radius 2 is 2.15 bits per heavy atom. The number of carbonyl (C=O) groups is 1. The molecule has 1 aromatic rings. The molecule has 1 fully saturated rings. The third kappa shape index (κ3) is 3.47. The summed E-state index contributed by atoms with van der Waals surface area (Å²) in [6.45, 7) is 0. The Hall–Kier alpha value is -2.10. The summed E-state index contributed by atoms with van der Waals surface area (Å²) in [6, 6.07) is 9.34. The van der Waals surface area contributed by atoms with Crippen LogP contribution in [-0.2, 0) is 4.79 Å². The number of thiocarbonyl (C=S) groups is 1. The molecule has 0 aromatic heterocycles. The highest BCUT2D eigenvalue weighted by Gasteiger charge is 2.22. The van der Waals surface area contributed by atoms with E-state index < -0.39 is 0 Å². The summed E-state index contributed by atoms with van der Waals surface area (Å²) in [4.78, 5) is 12.0. The minimum atomic E-state index is -0.268. The van der Waals surface area contributed by atoms with Crippen LogP contribution in [0.15, 0.2) is 40.8 Å².